The zero-order valence-corrected chi connectivity index (χ0v) is 13.2. The van der Waals surface area contributed by atoms with E-state index in [2.05, 4.69) is 32.0 Å². The second-order valence-corrected chi connectivity index (χ2v) is 6.09. The van der Waals surface area contributed by atoms with Crippen LogP contribution in [0, 0.1) is 19.8 Å². The number of aliphatic hydroxyl groups is 1. The van der Waals surface area contributed by atoms with Crippen LogP contribution in [0.15, 0.2) is 60.4 Å². The van der Waals surface area contributed by atoms with Crippen LogP contribution in [0.3, 0.4) is 0 Å². The van der Waals surface area contributed by atoms with E-state index in [-0.39, 0.29) is 29.1 Å². The van der Waals surface area contributed by atoms with Gasteiger partial charge in [-0.2, -0.15) is 0 Å². The van der Waals surface area contributed by atoms with Crippen LogP contribution in [0.1, 0.15) is 28.2 Å². The van der Waals surface area contributed by atoms with E-state index < -0.39 is 0 Å². The molecule has 23 heavy (non-hydrogen) atoms. The fourth-order valence-electron chi connectivity index (χ4n) is 3.09. The van der Waals surface area contributed by atoms with Gasteiger partial charge in [-0.25, -0.2) is 0 Å². The largest absolute Gasteiger partial charge is 0.508 e. The molecule has 0 amide bonds. The van der Waals surface area contributed by atoms with Crippen LogP contribution < -0.4 is 0 Å². The van der Waals surface area contributed by atoms with Crippen molar-refractivity contribution in [2.75, 3.05) is 0 Å². The average Bonchev–Trinajstić information content (AvgIpc) is 2.91. The number of phenols is 2. The molecule has 0 saturated heterocycles. The predicted molar refractivity (Wildman–Crippen MR) is 90.9 cm³/mol. The molecule has 3 N–H and O–H groups in total. The number of hydrogen-bond acceptors (Lipinski definition) is 3. The van der Waals surface area contributed by atoms with Gasteiger partial charge in [0.15, 0.2) is 0 Å². The first-order valence-corrected chi connectivity index (χ1v) is 7.63. The number of aryl methyl sites for hydroxylation is 2. The molecule has 0 spiro atoms. The maximum Gasteiger partial charge on any atom is 0.123 e. The summed E-state index contributed by atoms with van der Waals surface area (Å²) in [4.78, 5) is 0. The molecule has 3 nitrogen and oxygen atoms in total. The van der Waals surface area contributed by atoms with Gasteiger partial charge < -0.3 is 15.3 Å². The van der Waals surface area contributed by atoms with Crippen LogP contribution in [-0.2, 0) is 0 Å². The highest BCUT2D eigenvalue weighted by Gasteiger charge is 2.27. The summed E-state index contributed by atoms with van der Waals surface area (Å²) in [6.07, 6.45) is 5.39. The van der Waals surface area contributed by atoms with E-state index in [1.165, 1.54) is 17.2 Å². The molecule has 0 heterocycles. The maximum atomic E-state index is 10.3. The number of allylic oxidation sites excluding steroid dienone is 3. The summed E-state index contributed by atoms with van der Waals surface area (Å²) in [5.41, 5.74) is 4.19. The monoisotopic (exact) mass is 308 g/mol. The molecular formula is C20H20O3. The van der Waals surface area contributed by atoms with Crippen molar-refractivity contribution in [2.24, 2.45) is 5.92 Å². The molecule has 0 bridgehead atoms. The third kappa shape index (κ3) is 2.95. The molecule has 2 aromatic carbocycles. The van der Waals surface area contributed by atoms with Crippen molar-refractivity contribution in [1.82, 2.24) is 0 Å². The summed E-state index contributed by atoms with van der Waals surface area (Å²) < 4.78 is 0. The minimum Gasteiger partial charge on any atom is -0.508 e. The normalized spacial score (nSPS) is 18.0. The Morgan fingerprint density at radius 3 is 2.30 bits per heavy atom. The van der Waals surface area contributed by atoms with Crippen molar-refractivity contribution in [2.45, 2.75) is 19.8 Å². The molecule has 1 aliphatic rings. The number of hydrogen-bond donors (Lipinski definition) is 3. The minimum absolute atomic E-state index is 0.0328. The second-order valence-electron chi connectivity index (χ2n) is 6.09. The molecule has 0 aliphatic heterocycles. The van der Waals surface area contributed by atoms with Gasteiger partial charge in [0.1, 0.15) is 17.3 Å². The third-order valence-corrected chi connectivity index (χ3v) is 4.48. The van der Waals surface area contributed by atoms with Gasteiger partial charge in [0.25, 0.3) is 0 Å². The maximum absolute atomic E-state index is 10.3. The first kappa shape index (κ1) is 15.2. The lowest BCUT2D eigenvalue weighted by atomic mass is 9.80. The second kappa shape index (κ2) is 5.84. The first-order valence-electron chi connectivity index (χ1n) is 7.63. The fraction of sp³-hybridized carbons (Fsp3) is 0.200. The van der Waals surface area contributed by atoms with Gasteiger partial charge in [-0.1, -0.05) is 30.3 Å². The summed E-state index contributed by atoms with van der Waals surface area (Å²) in [6.45, 7) is 4.12. The Morgan fingerprint density at radius 1 is 0.913 bits per heavy atom. The number of aromatic hydroxyl groups is 2. The molecule has 118 valence electrons. The van der Waals surface area contributed by atoms with Crippen LogP contribution in [0.5, 0.6) is 11.5 Å². The van der Waals surface area contributed by atoms with Crippen molar-refractivity contribution in [1.29, 1.82) is 0 Å². The molecule has 0 aromatic heterocycles. The highest BCUT2D eigenvalue weighted by Crippen LogP contribution is 2.41. The third-order valence-electron chi connectivity index (χ3n) is 4.48. The Labute approximate surface area is 135 Å². The lowest BCUT2D eigenvalue weighted by molar-refractivity contribution is 0.428. The van der Waals surface area contributed by atoms with Gasteiger partial charge >= 0.3 is 0 Å². The van der Waals surface area contributed by atoms with E-state index in [9.17, 15) is 15.3 Å². The van der Waals surface area contributed by atoms with Crippen LogP contribution in [0.25, 0.3) is 0 Å². The SMILES string of the molecule is Cc1ccc(C(c2ccc(O)cc2O)C2C=CC(O)=C2)cc1C. The molecule has 3 heteroatoms. The van der Waals surface area contributed by atoms with Gasteiger partial charge in [-0.05, 0) is 48.8 Å². The number of phenolic OH excluding ortho intramolecular Hbond substituents is 2. The average molecular weight is 308 g/mol. The highest BCUT2D eigenvalue weighted by molar-refractivity contribution is 5.49. The first-order chi connectivity index (χ1) is 11.0. The van der Waals surface area contributed by atoms with Gasteiger partial charge in [0, 0.05) is 23.5 Å². The van der Waals surface area contributed by atoms with E-state index in [1.54, 1.807) is 24.3 Å². The van der Waals surface area contributed by atoms with Crippen LogP contribution >= 0.6 is 0 Å². The van der Waals surface area contributed by atoms with Gasteiger partial charge in [-0.15, -0.1) is 0 Å². The van der Waals surface area contributed by atoms with Gasteiger partial charge in [-0.3, -0.25) is 0 Å². The Hall–Kier alpha value is -2.68. The van der Waals surface area contributed by atoms with Crippen LogP contribution in [-0.4, -0.2) is 15.3 Å². The molecule has 2 aromatic rings. The van der Waals surface area contributed by atoms with Gasteiger partial charge in [0.05, 0.1) is 0 Å². The lowest BCUT2D eigenvalue weighted by Crippen LogP contribution is -2.10. The molecule has 0 fully saturated rings. The van der Waals surface area contributed by atoms with E-state index in [1.807, 2.05) is 6.08 Å². The zero-order chi connectivity index (χ0) is 16.6. The topological polar surface area (TPSA) is 60.7 Å². The predicted octanol–water partition coefficient (Wildman–Crippen LogP) is 4.47. The number of benzene rings is 2. The van der Waals surface area contributed by atoms with Crippen molar-refractivity contribution in [3.63, 3.8) is 0 Å². The summed E-state index contributed by atoms with van der Waals surface area (Å²) in [6, 6.07) is 10.9. The fourth-order valence-corrected chi connectivity index (χ4v) is 3.09. The van der Waals surface area contributed by atoms with Crippen LogP contribution in [0.4, 0.5) is 0 Å². The molecule has 0 radical (unpaired) electrons. The van der Waals surface area contributed by atoms with E-state index in [0.29, 0.717) is 0 Å². The molecular weight excluding hydrogens is 288 g/mol. The van der Waals surface area contributed by atoms with E-state index in [4.69, 9.17) is 0 Å². The van der Waals surface area contributed by atoms with Crippen molar-refractivity contribution in [3.05, 3.63) is 82.6 Å². The Balaban J connectivity index is 2.14. The lowest BCUT2D eigenvalue weighted by Gasteiger charge is -2.24. The Morgan fingerprint density at radius 2 is 1.70 bits per heavy atom. The van der Waals surface area contributed by atoms with Crippen molar-refractivity contribution < 1.29 is 15.3 Å². The summed E-state index contributed by atoms with van der Waals surface area (Å²) in [5.74, 6) is 0.150. The molecule has 2 atom stereocenters. The summed E-state index contributed by atoms with van der Waals surface area (Å²) in [5, 5.41) is 29.6. The van der Waals surface area contributed by atoms with Crippen LogP contribution in [0.2, 0.25) is 0 Å². The molecule has 2 unspecified atom stereocenters. The van der Waals surface area contributed by atoms with Crippen molar-refractivity contribution in [3.8, 4) is 11.5 Å². The van der Waals surface area contributed by atoms with Crippen molar-refractivity contribution >= 4 is 0 Å². The zero-order valence-electron chi connectivity index (χ0n) is 13.2. The number of rotatable bonds is 3. The Kier molecular flexibility index (Phi) is 3.87. The minimum atomic E-state index is -0.129. The van der Waals surface area contributed by atoms with E-state index >= 15 is 0 Å². The number of aliphatic hydroxyl groups excluding tert-OH is 1. The van der Waals surface area contributed by atoms with E-state index in [0.717, 1.165) is 11.1 Å². The quantitative estimate of drug-likeness (QED) is 0.783. The molecule has 3 rings (SSSR count). The standard InChI is InChI=1S/C20H20O3/c1-12-3-4-14(9-13(12)2)20(15-5-6-16(21)10-15)18-8-7-17(22)11-19(18)23/h3-11,15,20-23H,1-2H3. The Bertz CT molecular complexity index is 803. The smallest absolute Gasteiger partial charge is 0.123 e. The molecule has 1 aliphatic carbocycles. The summed E-state index contributed by atoms with van der Waals surface area (Å²) in [7, 11) is 0. The highest BCUT2D eigenvalue weighted by atomic mass is 16.3. The van der Waals surface area contributed by atoms with Gasteiger partial charge in [0.2, 0.25) is 0 Å². The molecule has 0 saturated carbocycles. The summed E-state index contributed by atoms with van der Waals surface area (Å²) >= 11 is 0.